The molecule has 0 spiro atoms. The number of anilines is 1. The number of hydrogen-bond donors (Lipinski definition) is 2. The van der Waals surface area contributed by atoms with E-state index in [-0.39, 0.29) is 11.0 Å². The van der Waals surface area contributed by atoms with Gasteiger partial charge >= 0.3 is 0 Å². The topological polar surface area (TPSA) is 90.0 Å². The lowest BCUT2D eigenvalue weighted by Crippen LogP contribution is -2.29. The summed E-state index contributed by atoms with van der Waals surface area (Å²) in [5.74, 6) is -0.420. The first-order valence-electron chi connectivity index (χ1n) is 7.70. The summed E-state index contributed by atoms with van der Waals surface area (Å²) in [6.45, 7) is 2.88. The number of nitrogens with two attached hydrogens (primary N) is 1. The van der Waals surface area contributed by atoms with Crippen LogP contribution >= 0.6 is 0 Å². The zero-order valence-corrected chi connectivity index (χ0v) is 13.3. The average molecular weight is 322 g/mol. The quantitative estimate of drug-likeness (QED) is 0.718. The maximum Gasteiger partial charge on any atom is 0.257 e. The predicted octanol–water partition coefficient (Wildman–Crippen LogP) is 1.93. The van der Waals surface area contributed by atoms with Crippen molar-refractivity contribution < 1.29 is 4.79 Å². The lowest BCUT2D eigenvalue weighted by molar-refractivity contribution is 0.0949. The third-order valence-electron chi connectivity index (χ3n) is 3.90. The second-order valence-corrected chi connectivity index (χ2v) is 5.44. The molecule has 24 heavy (non-hydrogen) atoms. The number of aryl methyl sites for hydroxylation is 1. The number of nitrogens with zero attached hydrogens (tertiary/aromatic N) is 2. The van der Waals surface area contributed by atoms with Gasteiger partial charge in [0.25, 0.3) is 5.91 Å². The van der Waals surface area contributed by atoms with Crippen molar-refractivity contribution in [3.05, 3.63) is 70.3 Å². The van der Waals surface area contributed by atoms with Crippen LogP contribution in [-0.4, -0.2) is 15.5 Å². The molecule has 1 amide bonds. The van der Waals surface area contributed by atoms with E-state index in [0.717, 1.165) is 11.1 Å². The van der Waals surface area contributed by atoms with Crippen LogP contribution in [0.4, 0.5) is 5.69 Å². The standard InChI is InChI=1S/C18H18N4O2/c1-2-22-11-13(17(23)16-14(19)6-3-7-15(16)22)18(24)21-10-12-5-4-8-20-9-12/h3-9,11H,2,10,19H2,1H3,(H,21,24). The number of carbonyl (C=O) groups is 1. The fourth-order valence-corrected chi connectivity index (χ4v) is 2.67. The highest BCUT2D eigenvalue weighted by atomic mass is 16.2. The van der Waals surface area contributed by atoms with Crippen LogP contribution in [-0.2, 0) is 13.1 Å². The van der Waals surface area contributed by atoms with Gasteiger partial charge in [-0.05, 0) is 30.7 Å². The fourth-order valence-electron chi connectivity index (χ4n) is 2.67. The van der Waals surface area contributed by atoms with E-state index in [4.69, 9.17) is 5.73 Å². The Kier molecular flexibility index (Phi) is 4.29. The van der Waals surface area contributed by atoms with Gasteiger partial charge in [-0.15, -0.1) is 0 Å². The molecule has 2 heterocycles. The Labute approximate surface area is 138 Å². The highest BCUT2D eigenvalue weighted by molar-refractivity contribution is 6.00. The molecule has 0 radical (unpaired) electrons. The molecule has 0 atom stereocenters. The maximum absolute atomic E-state index is 12.7. The molecule has 2 aromatic heterocycles. The van der Waals surface area contributed by atoms with Gasteiger partial charge in [0.1, 0.15) is 5.56 Å². The Balaban J connectivity index is 2.00. The van der Waals surface area contributed by atoms with Gasteiger partial charge in [-0.1, -0.05) is 12.1 Å². The van der Waals surface area contributed by atoms with Crippen molar-refractivity contribution in [2.75, 3.05) is 5.73 Å². The maximum atomic E-state index is 12.7. The number of fused-ring (bicyclic) bond motifs is 1. The summed E-state index contributed by atoms with van der Waals surface area (Å²) in [4.78, 5) is 29.2. The zero-order valence-electron chi connectivity index (χ0n) is 13.3. The van der Waals surface area contributed by atoms with Crippen molar-refractivity contribution >= 4 is 22.5 Å². The van der Waals surface area contributed by atoms with Crippen LogP contribution < -0.4 is 16.5 Å². The molecule has 3 aromatic rings. The Morgan fingerprint density at radius 1 is 1.29 bits per heavy atom. The van der Waals surface area contributed by atoms with Crippen LogP contribution in [0.1, 0.15) is 22.8 Å². The molecule has 1 aromatic carbocycles. The smallest absolute Gasteiger partial charge is 0.257 e. The molecule has 122 valence electrons. The van der Waals surface area contributed by atoms with E-state index >= 15 is 0 Å². The molecule has 6 heteroatoms. The molecule has 6 nitrogen and oxygen atoms in total. The van der Waals surface area contributed by atoms with E-state index in [1.54, 1.807) is 36.8 Å². The predicted molar refractivity (Wildman–Crippen MR) is 93.7 cm³/mol. The van der Waals surface area contributed by atoms with E-state index in [2.05, 4.69) is 10.3 Å². The number of pyridine rings is 2. The molecule has 0 saturated heterocycles. The largest absolute Gasteiger partial charge is 0.398 e. The lowest BCUT2D eigenvalue weighted by Gasteiger charge is -2.13. The number of rotatable bonds is 4. The van der Waals surface area contributed by atoms with Crippen molar-refractivity contribution in [2.24, 2.45) is 0 Å². The van der Waals surface area contributed by atoms with Crippen LogP contribution in [0, 0.1) is 0 Å². The van der Waals surface area contributed by atoms with E-state index in [0.29, 0.717) is 24.2 Å². The van der Waals surface area contributed by atoms with E-state index in [1.807, 2.05) is 23.6 Å². The molecular weight excluding hydrogens is 304 g/mol. The van der Waals surface area contributed by atoms with E-state index in [1.165, 1.54) is 0 Å². The number of aromatic nitrogens is 2. The SMILES string of the molecule is CCn1cc(C(=O)NCc2cccnc2)c(=O)c2c(N)cccc21. The average Bonchev–Trinajstić information content (AvgIpc) is 2.61. The summed E-state index contributed by atoms with van der Waals surface area (Å²) in [6.07, 6.45) is 4.92. The van der Waals surface area contributed by atoms with Gasteiger partial charge < -0.3 is 15.6 Å². The van der Waals surface area contributed by atoms with Gasteiger partial charge in [0.15, 0.2) is 0 Å². The molecule has 0 fully saturated rings. The number of carbonyl (C=O) groups excluding carboxylic acids is 1. The monoisotopic (exact) mass is 322 g/mol. The summed E-state index contributed by atoms with van der Waals surface area (Å²) in [5, 5.41) is 3.14. The minimum absolute atomic E-state index is 0.0890. The molecule has 3 N–H and O–H groups in total. The normalized spacial score (nSPS) is 10.7. The summed E-state index contributed by atoms with van der Waals surface area (Å²) in [6, 6.07) is 8.94. The van der Waals surface area contributed by atoms with Crippen LogP contribution in [0.15, 0.2) is 53.7 Å². The lowest BCUT2D eigenvalue weighted by atomic mass is 10.1. The number of nitrogens with one attached hydrogen (secondary N) is 1. The second kappa shape index (κ2) is 6.54. The molecule has 0 bridgehead atoms. The molecule has 0 unspecified atom stereocenters. The van der Waals surface area contributed by atoms with Crippen molar-refractivity contribution in [1.82, 2.24) is 14.9 Å². The summed E-state index contributed by atoms with van der Waals surface area (Å²) in [7, 11) is 0. The molecule has 0 aliphatic carbocycles. The van der Waals surface area contributed by atoms with E-state index in [9.17, 15) is 9.59 Å². The van der Waals surface area contributed by atoms with Gasteiger partial charge in [0.05, 0.1) is 10.9 Å². The highest BCUT2D eigenvalue weighted by Crippen LogP contribution is 2.18. The number of amides is 1. The van der Waals surface area contributed by atoms with Crippen molar-refractivity contribution in [2.45, 2.75) is 20.0 Å². The van der Waals surface area contributed by atoms with Crippen molar-refractivity contribution in [3.63, 3.8) is 0 Å². The minimum atomic E-state index is -0.420. The Morgan fingerprint density at radius 2 is 2.12 bits per heavy atom. The summed E-state index contributed by atoms with van der Waals surface area (Å²) < 4.78 is 1.85. The first-order chi connectivity index (χ1) is 11.6. The van der Waals surface area contributed by atoms with Gasteiger partial charge in [0, 0.05) is 37.4 Å². The van der Waals surface area contributed by atoms with Gasteiger partial charge in [0.2, 0.25) is 5.43 Å². The fraction of sp³-hybridized carbons (Fsp3) is 0.167. The Hall–Kier alpha value is -3.15. The highest BCUT2D eigenvalue weighted by Gasteiger charge is 2.16. The number of hydrogen-bond acceptors (Lipinski definition) is 4. The molecule has 0 aliphatic heterocycles. The molecule has 0 aliphatic rings. The van der Waals surface area contributed by atoms with Crippen LogP contribution in [0.2, 0.25) is 0 Å². The molecule has 0 saturated carbocycles. The number of nitrogen functional groups attached to an aromatic ring is 1. The van der Waals surface area contributed by atoms with Crippen molar-refractivity contribution in [1.29, 1.82) is 0 Å². The zero-order chi connectivity index (χ0) is 17.1. The Bertz CT molecular complexity index is 948. The van der Waals surface area contributed by atoms with Gasteiger partial charge in [-0.2, -0.15) is 0 Å². The summed E-state index contributed by atoms with van der Waals surface area (Å²) in [5.41, 5.74) is 7.67. The van der Waals surface area contributed by atoms with E-state index < -0.39 is 5.91 Å². The summed E-state index contributed by atoms with van der Waals surface area (Å²) >= 11 is 0. The number of benzene rings is 1. The van der Waals surface area contributed by atoms with Crippen LogP contribution in [0.25, 0.3) is 10.9 Å². The van der Waals surface area contributed by atoms with Crippen LogP contribution in [0.3, 0.4) is 0 Å². The molecular formula is C18H18N4O2. The van der Waals surface area contributed by atoms with Gasteiger partial charge in [-0.25, -0.2) is 0 Å². The minimum Gasteiger partial charge on any atom is -0.398 e. The van der Waals surface area contributed by atoms with Crippen LogP contribution in [0.5, 0.6) is 0 Å². The Morgan fingerprint density at radius 3 is 2.83 bits per heavy atom. The van der Waals surface area contributed by atoms with Gasteiger partial charge in [-0.3, -0.25) is 14.6 Å². The van der Waals surface area contributed by atoms with Crippen molar-refractivity contribution in [3.8, 4) is 0 Å². The molecule has 3 rings (SSSR count). The first kappa shape index (κ1) is 15.7. The first-order valence-corrected chi connectivity index (χ1v) is 7.70. The second-order valence-electron chi connectivity index (χ2n) is 5.44. The third kappa shape index (κ3) is 2.86. The third-order valence-corrected chi connectivity index (χ3v) is 3.90.